The zero-order valence-electron chi connectivity index (χ0n) is 12.5. The topological polar surface area (TPSA) is 61.8 Å². The predicted octanol–water partition coefficient (Wildman–Crippen LogP) is 1.40. The molecule has 2 atom stereocenters. The number of aliphatic hydroxyl groups excluding tert-OH is 1. The van der Waals surface area contributed by atoms with Crippen LogP contribution in [-0.2, 0) is 9.53 Å². The molecule has 2 unspecified atom stereocenters. The molecule has 0 spiro atoms. The van der Waals surface area contributed by atoms with Crippen molar-refractivity contribution in [2.75, 3.05) is 33.4 Å². The van der Waals surface area contributed by atoms with Crippen LogP contribution in [0.4, 0.5) is 0 Å². The summed E-state index contributed by atoms with van der Waals surface area (Å²) < 4.78 is 5.49. The minimum atomic E-state index is -0.524. The Hall–Kier alpha value is -0.950. The summed E-state index contributed by atoms with van der Waals surface area (Å²) in [7, 11) is 1.89. The smallest absolute Gasteiger partial charge is 0.223 e. The molecule has 21 heavy (non-hydrogen) atoms. The average Bonchev–Trinajstić information content (AvgIpc) is 3.02. The highest BCUT2D eigenvalue weighted by molar-refractivity contribution is 7.10. The Bertz CT molecular complexity index is 425. The van der Waals surface area contributed by atoms with E-state index in [1.165, 1.54) is 0 Å². The number of nitrogens with zero attached hydrogens (tertiary/aromatic N) is 1. The highest BCUT2D eigenvalue weighted by atomic mass is 32.1. The van der Waals surface area contributed by atoms with E-state index in [0.29, 0.717) is 32.6 Å². The van der Waals surface area contributed by atoms with Gasteiger partial charge in [0.2, 0.25) is 5.91 Å². The fourth-order valence-electron chi connectivity index (χ4n) is 2.59. The van der Waals surface area contributed by atoms with E-state index in [9.17, 15) is 9.90 Å². The highest BCUT2D eigenvalue weighted by Gasteiger charge is 2.29. The van der Waals surface area contributed by atoms with Gasteiger partial charge in [-0.25, -0.2) is 0 Å². The first-order chi connectivity index (χ1) is 10.2. The van der Waals surface area contributed by atoms with Crippen molar-refractivity contribution in [2.24, 2.45) is 0 Å². The number of hydrogen-bond donors (Lipinski definition) is 2. The lowest BCUT2D eigenvalue weighted by Gasteiger charge is -2.36. The summed E-state index contributed by atoms with van der Waals surface area (Å²) in [6.07, 6.45) is 1.40. The fraction of sp³-hybridized carbons (Fsp3) is 0.667. The molecule has 2 N–H and O–H groups in total. The van der Waals surface area contributed by atoms with Crippen molar-refractivity contribution in [2.45, 2.75) is 31.4 Å². The molecule has 0 aromatic carbocycles. The predicted molar refractivity (Wildman–Crippen MR) is 83.4 cm³/mol. The molecule has 0 aliphatic carbocycles. The Kier molecular flexibility index (Phi) is 6.63. The van der Waals surface area contributed by atoms with E-state index in [-0.39, 0.29) is 11.9 Å². The Balaban J connectivity index is 1.90. The summed E-state index contributed by atoms with van der Waals surface area (Å²) in [5, 5.41) is 15.3. The van der Waals surface area contributed by atoms with Crippen LogP contribution in [0.25, 0.3) is 0 Å². The largest absolute Gasteiger partial charge is 0.387 e. The van der Waals surface area contributed by atoms with Gasteiger partial charge in [-0.3, -0.25) is 4.79 Å². The highest BCUT2D eigenvalue weighted by Crippen LogP contribution is 2.26. The molecule has 0 saturated carbocycles. The summed E-state index contributed by atoms with van der Waals surface area (Å²) in [4.78, 5) is 15.1. The first-order valence-electron chi connectivity index (χ1n) is 7.45. The molecule has 1 aliphatic rings. The molecule has 0 bridgehead atoms. The minimum absolute atomic E-state index is 0.0297. The summed E-state index contributed by atoms with van der Waals surface area (Å²) in [6.45, 7) is 2.57. The molecule has 1 amide bonds. The third kappa shape index (κ3) is 4.78. The van der Waals surface area contributed by atoms with E-state index < -0.39 is 6.10 Å². The van der Waals surface area contributed by atoms with Crippen molar-refractivity contribution in [3.05, 3.63) is 22.4 Å². The standard InChI is InChI=1S/C15H24N2O3S/c1-16-6-2-5-15(19)17-7-8-20-11-12(17)10-13(18)14-4-3-9-21-14/h3-4,9,12-13,16,18H,2,5-8,10-11H2,1H3. The van der Waals surface area contributed by atoms with Gasteiger partial charge in [-0.15, -0.1) is 11.3 Å². The summed E-state index contributed by atoms with van der Waals surface area (Å²) in [6, 6.07) is 3.83. The Morgan fingerprint density at radius 1 is 1.67 bits per heavy atom. The number of amides is 1. The zero-order chi connectivity index (χ0) is 15.1. The van der Waals surface area contributed by atoms with Gasteiger partial charge < -0.3 is 20.1 Å². The van der Waals surface area contributed by atoms with Crippen molar-refractivity contribution in [3.8, 4) is 0 Å². The number of morpholine rings is 1. The van der Waals surface area contributed by atoms with Crippen LogP contribution in [0.5, 0.6) is 0 Å². The molecule has 6 heteroatoms. The second kappa shape index (κ2) is 8.48. The first-order valence-corrected chi connectivity index (χ1v) is 8.33. The lowest BCUT2D eigenvalue weighted by Crippen LogP contribution is -2.49. The minimum Gasteiger partial charge on any atom is -0.387 e. The average molecular weight is 312 g/mol. The molecule has 1 aromatic heterocycles. The van der Waals surface area contributed by atoms with Gasteiger partial charge in [0, 0.05) is 24.3 Å². The van der Waals surface area contributed by atoms with Crippen molar-refractivity contribution < 1.29 is 14.6 Å². The van der Waals surface area contributed by atoms with Crippen molar-refractivity contribution in [1.82, 2.24) is 10.2 Å². The summed E-state index contributed by atoms with van der Waals surface area (Å²) in [5.74, 6) is 0.164. The van der Waals surface area contributed by atoms with Gasteiger partial charge in [0.05, 0.1) is 25.4 Å². The number of rotatable bonds is 7. The van der Waals surface area contributed by atoms with Crippen LogP contribution >= 0.6 is 11.3 Å². The SMILES string of the molecule is CNCCCC(=O)N1CCOCC1CC(O)c1cccs1. The summed E-state index contributed by atoms with van der Waals surface area (Å²) >= 11 is 1.54. The normalized spacial score (nSPS) is 20.5. The monoisotopic (exact) mass is 312 g/mol. The number of nitrogens with one attached hydrogen (secondary N) is 1. The van der Waals surface area contributed by atoms with Crippen molar-refractivity contribution >= 4 is 17.2 Å². The van der Waals surface area contributed by atoms with Gasteiger partial charge in [-0.2, -0.15) is 0 Å². The third-order valence-corrected chi connectivity index (χ3v) is 4.71. The molecule has 5 nitrogen and oxygen atoms in total. The number of aliphatic hydroxyl groups is 1. The second-order valence-corrected chi connectivity index (χ2v) is 6.27. The zero-order valence-corrected chi connectivity index (χ0v) is 13.3. The van der Waals surface area contributed by atoms with E-state index in [1.807, 2.05) is 29.5 Å². The number of thiophene rings is 1. The van der Waals surface area contributed by atoms with Crippen molar-refractivity contribution in [1.29, 1.82) is 0 Å². The molecule has 1 aromatic rings. The van der Waals surface area contributed by atoms with Crippen LogP contribution in [0, 0.1) is 0 Å². The molecule has 118 valence electrons. The van der Waals surface area contributed by atoms with E-state index in [1.54, 1.807) is 11.3 Å². The maximum absolute atomic E-state index is 12.3. The van der Waals surface area contributed by atoms with Crippen molar-refractivity contribution in [3.63, 3.8) is 0 Å². The number of ether oxygens (including phenoxy) is 1. The van der Waals surface area contributed by atoms with Crippen LogP contribution in [0.3, 0.4) is 0 Å². The summed E-state index contributed by atoms with van der Waals surface area (Å²) in [5.41, 5.74) is 0. The second-order valence-electron chi connectivity index (χ2n) is 5.29. The van der Waals surface area contributed by atoms with Crippen LogP contribution in [0.2, 0.25) is 0 Å². The van der Waals surface area contributed by atoms with Gasteiger partial charge in [-0.1, -0.05) is 6.07 Å². The van der Waals surface area contributed by atoms with E-state index >= 15 is 0 Å². The third-order valence-electron chi connectivity index (χ3n) is 3.73. The molecule has 2 heterocycles. The van der Waals surface area contributed by atoms with E-state index in [2.05, 4.69) is 5.32 Å². The number of hydrogen-bond acceptors (Lipinski definition) is 5. The number of carbonyl (C=O) groups is 1. The molecule has 2 rings (SSSR count). The number of carbonyl (C=O) groups excluding carboxylic acids is 1. The quantitative estimate of drug-likeness (QED) is 0.747. The fourth-order valence-corrected chi connectivity index (χ4v) is 3.32. The van der Waals surface area contributed by atoms with Crippen LogP contribution in [-0.4, -0.2) is 55.3 Å². The Morgan fingerprint density at radius 3 is 3.24 bits per heavy atom. The van der Waals surface area contributed by atoms with E-state index in [0.717, 1.165) is 17.8 Å². The molecule has 1 aliphatic heterocycles. The van der Waals surface area contributed by atoms with Crippen LogP contribution in [0.15, 0.2) is 17.5 Å². The molecule has 0 radical (unpaired) electrons. The Morgan fingerprint density at radius 2 is 2.52 bits per heavy atom. The van der Waals surface area contributed by atoms with Crippen LogP contribution in [0.1, 0.15) is 30.2 Å². The van der Waals surface area contributed by atoms with Gasteiger partial charge in [0.25, 0.3) is 0 Å². The van der Waals surface area contributed by atoms with Gasteiger partial charge in [0.15, 0.2) is 0 Å². The van der Waals surface area contributed by atoms with Crippen LogP contribution < -0.4 is 5.32 Å². The first kappa shape index (κ1) is 16.4. The van der Waals surface area contributed by atoms with Gasteiger partial charge in [-0.05, 0) is 31.5 Å². The Labute approximate surface area is 129 Å². The molecular weight excluding hydrogens is 288 g/mol. The molecule has 1 saturated heterocycles. The molecular formula is C15H24N2O3S. The van der Waals surface area contributed by atoms with Gasteiger partial charge in [0.1, 0.15) is 0 Å². The molecule has 1 fully saturated rings. The van der Waals surface area contributed by atoms with E-state index in [4.69, 9.17) is 4.74 Å². The van der Waals surface area contributed by atoms with Gasteiger partial charge >= 0.3 is 0 Å². The lowest BCUT2D eigenvalue weighted by molar-refractivity contribution is -0.141. The lowest BCUT2D eigenvalue weighted by atomic mass is 10.1. The maximum Gasteiger partial charge on any atom is 0.223 e. The maximum atomic E-state index is 12.3.